The summed E-state index contributed by atoms with van der Waals surface area (Å²) in [5.74, 6) is -1.18. The number of hydrogen-bond acceptors (Lipinski definition) is 3. The molecule has 3 rings (SSSR count). The average Bonchev–Trinajstić information content (AvgIpc) is 2.60. The van der Waals surface area contributed by atoms with Crippen LogP contribution >= 0.6 is 0 Å². The molecule has 0 saturated carbocycles. The molecule has 0 spiro atoms. The number of carboxylic acid groups (broad SMARTS) is 1. The molecular weight excluding hydrogens is 304 g/mol. The van der Waals surface area contributed by atoms with Gasteiger partial charge in [-0.3, -0.25) is 9.78 Å². The smallest absolute Gasteiger partial charge is 0.335 e. The first kappa shape index (κ1) is 15.7. The zero-order valence-corrected chi connectivity index (χ0v) is 13.1. The number of carboxylic acids is 1. The van der Waals surface area contributed by atoms with Gasteiger partial charge in [0.15, 0.2) is 0 Å². The molecule has 2 N–H and O–H groups in total. The summed E-state index contributed by atoms with van der Waals surface area (Å²) in [4.78, 5) is 27.5. The fourth-order valence-corrected chi connectivity index (χ4v) is 2.57. The number of carbonyl (C=O) groups is 2. The highest BCUT2D eigenvalue weighted by atomic mass is 16.4. The number of aryl methyl sites for hydroxylation is 1. The Morgan fingerprint density at radius 3 is 2.50 bits per heavy atom. The monoisotopic (exact) mass is 320 g/mol. The van der Waals surface area contributed by atoms with E-state index in [0.29, 0.717) is 12.1 Å². The van der Waals surface area contributed by atoms with Crippen LogP contribution in [-0.4, -0.2) is 22.0 Å². The quantitative estimate of drug-likeness (QED) is 0.774. The van der Waals surface area contributed by atoms with Crippen LogP contribution < -0.4 is 5.32 Å². The molecule has 0 saturated heterocycles. The second-order valence-electron chi connectivity index (χ2n) is 5.54. The number of nitrogens with zero attached hydrogens (tertiary/aromatic N) is 1. The van der Waals surface area contributed by atoms with E-state index >= 15 is 0 Å². The van der Waals surface area contributed by atoms with Crippen molar-refractivity contribution in [3.05, 3.63) is 77.1 Å². The Bertz CT molecular complexity index is 918. The number of aromatic nitrogens is 1. The van der Waals surface area contributed by atoms with Crippen LogP contribution in [0.25, 0.3) is 10.8 Å². The first-order valence-corrected chi connectivity index (χ1v) is 7.50. The van der Waals surface area contributed by atoms with Crippen LogP contribution in [0.2, 0.25) is 0 Å². The molecule has 0 aliphatic carbocycles. The van der Waals surface area contributed by atoms with Gasteiger partial charge in [0.2, 0.25) is 0 Å². The maximum Gasteiger partial charge on any atom is 0.335 e. The highest BCUT2D eigenvalue weighted by molar-refractivity contribution is 6.07. The number of benzene rings is 2. The lowest BCUT2D eigenvalue weighted by atomic mass is 10.0. The van der Waals surface area contributed by atoms with E-state index in [1.807, 2.05) is 25.1 Å². The second kappa shape index (κ2) is 6.50. The predicted molar refractivity (Wildman–Crippen MR) is 91.1 cm³/mol. The van der Waals surface area contributed by atoms with E-state index in [4.69, 9.17) is 5.11 Å². The second-order valence-corrected chi connectivity index (χ2v) is 5.54. The van der Waals surface area contributed by atoms with Crippen molar-refractivity contribution in [1.29, 1.82) is 0 Å². The van der Waals surface area contributed by atoms with Gasteiger partial charge in [-0.2, -0.15) is 0 Å². The number of carbonyl (C=O) groups excluding carboxylic acids is 1. The lowest BCUT2D eigenvalue weighted by Crippen LogP contribution is -2.23. The lowest BCUT2D eigenvalue weighted by Gasteiger charge is -2.09. The van der Waals surface area contributed by atoms with E-state index < -0.39 is 5.97 Å². The highest BCUT2D eigenvalue weighted by Gasteiger charge is 2.11. The van der Waals surface area contributed by atoms with Gasteiger partial charge >= 0.3 is 5.97 Å². The number of nitrogens with one attached hydrogen (secondary N) is 1. The Hall–Kier alpha value is -3.21. The molecule has 0 fully saturated rings. The van der Waals surface area contributed by atoms with E-state index in [1.165, 1.54) is 12.1 Å². The maximum atomic E-state index is 12.5. The summed E-state index contributed by atoms with van der Waals surface area (Å²) < 4.78 is 0. The fraction of sp³-hybridized carbons (Fsp3) is 0.105. The van der Waals surface area contributed by atoms with Crippen LogP contribution in [-0.2, 0) is 6.54 Å². The topological polar surface area (TPSA) is 79.3 Å². The van der Waals surface area contributed by atoms with E-state index in [-0.39, 0.29) is 11.5 Å². The molecule has 0 radical (unpaired) electrons. The fourth-order valence-electron chi connectivity index (χ4n) is 2.57. The molecule has 0 aliphatic rings. The first-order valence-electron chi connectivity index (χ1n) is 7.50. The third-order valence-electron chi connectivity index (χ3n) is 3.92. The van der Waals surface area contributed by atoms with Crippen LogP contribution in [0.5, 0.6) is 0 Å². The van der Waals surface area contributed by atoms with E-state index in [1.54, 1.807) is 24.5 Å². The number of fused-ring (bicyclic) bond motifs is 1. The molecular formula is C19H16N2O3. The van der Waals surface area contributed by atoms with Gasteiger partial charge in [0.05, 0.1) is 11.1 Å². The van der Waals surface area contributed by atoms with Gasteiger partial charge in [-0.1, -0.05) is 30.3 Å². The van der Waals surface area contributed by atoms with Gasteiger partial charge in [0.25, 0.3) is 5.91 Å². The molecule has 0 aliphatic heterocycles. The molecule has 5 heteroatoms. The summed E-state index contributed by atoms with van der Waals surface area (Å²) in [6, 6.07) is 12.2. The van der Waals surface area contributed by atoms with E-state index in [9.17, 15) is 9.59 Å². The van der Waals surface area contributed by atoms with Crippen molar-refractivity contribution < 1.29 is 14.7 Å². The van der Waals surface area contributed by atoms with Gasteiger partial charge in [0, 0.05) is 24.3 Å². The molecule has 120 valence electrons. The summed E-state index contributed by atoms with van der Waals surface area (Å²) in [7, 11) is 0. The van der Waals surface area contributed by atoms with Crippen molar-refractivity contribution in [2.24, 2.45) is 0 Å². The van der Waals surface area contributed by atoms with Crippen molar-refractivity contribution >= 4 is 22.6 Å². The van der Waals surface area contributed by atoms with Gasteiger partial charge in [-0.25, -0.2) is 4.79 Å². The van der Waals surface area contributed by atoms with Crippen LogP contribution in [0.4, 0.5) is 0 Å². The van der Waals surface area contributed by atoms with Crippen molar-refractivity contribution in [3.63, 3.8) is 0 Å². The zero-order valence-electron chi connectivity index (χ0n) is 13.1. The molecule has 24 heavy (non-hydrogen) atoms. The normalized spacial score (nSPS) is 10.5. The molecule has 0 unspecified atom stereocenters. The number of pyridine rings is 1. The van der Waals surface area contributed by atoms with Crippen molar-refractivity contribution in [2.75, 3.05) is 0 Å². The molecule has 1 amide bonds. The van der Waals surface area contributed by atoms with Crippen molar-refractivity contribution in [2.45, 2.75) is 13.5 Å². The minimum absolute atomic E-state index is 0.207. The minimum atomic E-state index is -0.970. The molecule has 0 bridgehead atoms. The van der Waals surface area contributed by atoms with Crippen LogP contribution in [0.3, 0.4) is 0 Å². The lowest BCUT2D eigenvalue weighted by molar-refractivity contribution is 0.0696. The Morgan fingerprint density at radius 2 is 1.79 bits per heavy atom. The van der Waals surface area contributed by atoms with Gasteiger partial charge in [-0.05, 0) is 35.6 Å². The Kier molecular flexibility index (Phi) is 4.24. The number of aromatic carboxylic acids is 1. The zero-order chi connectivity index (χ0) is 17.1. The molecule has 1 heterocycles. The van der Waals surface area contributed by atoms with Gasteiger partial charge < -0.3 is 10.4 Å². The van der Waals surface area contributed by atoms with Crippen molar-refractivity contribution in [3.8, 4) is 0 Å². The largest absolute Gasteiger partial charge is 0.478 e. The Labute approximate surface area is 139 Å². The molecule has 2 aromatic carbocycles. The minimum Gasteiger partial charge on any atom is -0.478 e. The van der Waals surface area contributed by atoms with Crippen LogP contribution in [0.15, 0.2) is 54.9 Å². The number of hydrogen-bond donors (Lipinski definition) is 2. The summed E-state index contributed by atoms with van der Waals surface area (Å²) in [5.41, 5.74) is 2.65. The van der Waals surface area contributed by atoms with Gasteiger partial charge in [-0.15, -0.1) is 0 Å². The third kappa shape index (κ3) is 3.10. The molecule has 3 aromatic rings. The van der Waals surface area contributed by atoms with E-state index in [2.05, 4.69) is 10.3 Å². The Morgan fingerprint density at radius 1 is 1.04 bits per heavy atom. The maximum absolute atomic E-state index is 12.5. The standard InChI is InChI=1S/C19H16N2O3/c1-12-3-2-4-15-16(12)10-20-11-17(15)18(22)21-9-13-5-7-14(8-6-13)19(23)24/h2-8,10-11H,9H2,1H3,(H,21,22)(H,23,24). The Balaban J connectivity index is 1.78. The summed E-state index contributed by atoms with van der Waals surface area (Å²) >= 11 is 0. The predicted octanol–water partition coefficient (Wildman–Crippen LogP) is 3.17. The third-order valence-corrected chi connectivity index (χ3v) is 3.92. The summed E-state index contributed by atoms with van der Waals surface area (Å²) in [5, 5.41) is 13.6. The van der Waals surface area contributed by atoms with Crippen LogP contribution in [0.1, 0.15) is 31.8 Å². The number of amides is 1. The average molecular weight is 320 g/mol. The molecule has 1 aromatic heterocycles. The SMILES string of the molecule is Cc1cccc2c(C(=O)NCc3ccc(C(=O)O)cc3)cncc12. The number of rotatable bonds is 4. The van der Waals surface area contributed by atoms with E-state index in [0.717, 1.165) is 21.9 Å². The molecule has 5 nitrogen and oxygen atoms in total. The van der Waals surface area contributed by atoms with Crippen molar-refractivity contribution in [1.82, 2.24) is 10.3 Å². The summed E-state index contributed by atoms with van der Waals surface area (Å²) in [6.45, 7) is 2.30. The molecule has 0 atom stereocenters. The van der Waals surface area contributed by atoms with Gasteiger partial charge in [0.1, 0.15) is 0 Å². The highest BCUT2D eigenvalue weighted by Crippen LogP contribution is 2.20. The summed E-state index contributed by atoms with van der Waals surface area (Å²) in [6.07, 6.45) is 3.32. The van der Waals surface area contributed by atoms with Crippen LogP contribution in [0, 0.1) is 6.92 Å². The first-order chi connectivity index (χ1) is 11.6.